The quantitative estimate of drug-likeness (QED) is 0.200. The summed E-state index contributed by atoms with van der Waals surface area (Å²) in [4.78, 5) is 33.6. The molecule has 1 aliphatic rings. The van der Waals surface area contributed by atoms with Gasteiger partial charge in [-0.05, 0) is 37.3 Å². The molecule has 0 atom stereocenters. The molecule has 0 unspecified atom stereocenters. The Labute approximate surface area is 121 Å². The van der Waals surface area contributed by atoms with Gasteiger partial charge >= 0.3 is 5.97 Å². The highest BCUT2D eigenvalue weighted by molar-refractivity contribution is 6.19. The molecular weight excluding hydrogens is 274 g/mol. The highest BCUT2D eigenvalue weighted by Gasteiger charge is 2.25. The standard InChI is InChI=1S/C15H15NO5/c1-10(17)14(15(18)21-9-11-5-6-11)8-12-3-2-4-13(7-12)16(19)20/h2-4,7-8,11H,5-6,9H2,1H3/b14-8+. The summed E-state index contributed by atoms with van der Waals surface area (Å²) in [5.74, 6) is -0.705. The maximum atomic E-state index is 11.9. The number of non-ortho nitro benzene ring substituents is 1. The van der Waals surface area contributed by atoms with E-state index in [1.807, 2.05) is 0 Å². The summed E-state index contributed by atoms with van der Waals surface area (Å²) in [6.07, 6.45) is 3.40. The summed E-state index contributed by atoms with van der Waals surface area (Å²) in [7, 11) is 0. The molecule has 0 bridgehead atoms. The zero-order valence-electron chi connectivity index (χ0n) is 11.6. The van der Waals surface area contributed by atoms with Crippen LogP contribution in [0.3, 0.4) is 0 Å². The van der Waals surface area contributed by atoms with Crippen molar-refractivity contribution in [3.05, 3.63) is 45.5 Å². The van der Waals surface area contributed by atoms with Gasteiger partial charge in [-0.1, -0.05) is 12.1 Å². The Balaban J connectivity index is 2.19. The minimum absolute atomic E-state index is 0.0991. The molecule has 1 fully saturated rings. The number of nitrogens with zero attached hydrogens (tertiary/aromatic N) is 1. The van der Waals surface area contributed by atoms with Gasteiger partial charge < -0.3 is 4.74 Å². The zero-order chi connectivity index (χ0) is 15.4. The Morgan fingerprint density at radius 3 is 2.71 bits per heavy atom. The highest BCUT2D eigenvalue weighted by atomic mass is 16.6. The lowest BCUT2D eigenvalue weighted by Gasteiger charge is -2.05. The van der Waals surface area contributed by atoms with Gasteiger partial charge in [-0.3, -0.25) is 14.9 Å². The van der Waals surface area contributed by atoms with E-state index in [1.54, 1.807) is 6.07 Å². The fraction of sp³-hybridized carbons (Fsp3) is 0.333. The average Bonchev–Trinajstić information content (AvgIpc) is 3.26. The van der Waals surface area contributed by atoms with Crippen LogP contribution >= 0.6 is 0 Å². The van der Waals surface area contributed by atoms with Crippen molar-refractivity contribution in [2.24, 2.45) is 5.92 Å². The lowest BCUT2D eigenvalue weighted by Crippen LogP contribution is -2.15. The van der Waals surface area contributed by atoms with Gasteiger partial charge in [0, 0.05) is 12.1 Å². The smallest absolute Gasteiger partial charge is 0.341 e. The minimum atomic E-state index is -0.680. The number of ether oxygens (including phenoxy) is 1. The number of carbonyl (C=O) groups is 2. The number of nitro benzene ring substituents is 1. The number of esters is 1. The number of hydrogen-bond donors (Lipinski definition) is 0. The molecule has 0 spiro atoms. The first-order valence-electron chi connectivity index (χ1n) is 6.61. The molecule has 1 aromatic carbocycles. The lowest BCUT2D eigenvalue weighted by atomic mass is 10.1. The molecule has 110 valence electrons. The van der Waals surface area contributed by atoms with Gasteiger partial charge in [-0.25, -0.2) is 4.79 Å². The van der Waals surface area contributed by atoms with Crippen molar-refractivity contribution in [2.75, 3.05) is 6.61 Å². The third-order valence-corrected chi connectivity index (χ3v) is 3.14. The number of benzene rings is 1. The van der Waals surface area contributed by atoms with Crippen LogP contribution in [0.4, 0.5) is 5.69 Å². The van der Waals surface area contributed by atoms with Crippen LogP contribution in [0.25, 0.3) is 6.08 Å². The van der Waals surface area contributed by atoms with Crippen molar-refractivity contribution in [1.29, 1.82) is 0 Å². The van der Waals surface area contributed by atoms with Crippen LogP contribution < -0.4 is 0 Å². The Hall–Kier alpha value is -2.50. The Kier molecular flexibility index (Phi) is 4.47. The first kappa shape index (κ1) is 14.9. The molecule has 0 amide bonds. The maximum Gasteiger partial charge on any atom is 0.341 e. The van der Waals surface area contributed by atoms with Gasteiger partial charge in [0.05, 0.1) is 11.5 Å². The van der Waals surface area contributed by atoms with Crippen molar-refractivity contribution < 1.29 is 19.2 Å². The number of Topliss-reactive ketones (excluding diaryl/α,β-unsaturated/α-hetero) is 1. The van der Waals surface area contributed by atoms with E-state index in [1.165, 1.54) is 31.2 Å². The highest BCUT2D eigenvalue weighted by Crippen LogP contribution is 2.29. The molecule has 2 rings (SSSR count). The van der Waals surface area contributed by atoms with E-state index < -0.39 is 16.7 Å². The van der Waals surface area contributed by atoms with Gasteiger partial charge in [0.2, 0.25) is 0 Å². The molecule has 6 nitrogen and oxygen atoms in total. The van der Waals surface area contributed by atoms with Gasteiger partial charge in [0.25, 0.3) is 5.69 Å². The second-order valence-corrected chi connectivity index (χ2v) is 5.01. The summed E-state index contributed by atoms with van der Waals surface area (Å²) in [5.41, 5.74) is 0.215. The molecular formula is C15H15NO5. The molecule has 6 heteroatoms. The Morgan fingerprint density at radius 2 is 2.14 bits per heavy atom. The van der Waals surface area contributed by atoms with Crippen molar-refractivity contribution in [2.45, 2.75) is 19.8 Å². The third kappa shape index (κ3) is 4.24. The summed E-state index contributed by atoms with van der Waals surface area (Å²) in [6, 6.07) is 5.73. The van der Waals surface area contributed by atoms with Crippen molar-refractivity contribution in [3.8, 4) is 0 Å². The van der Waals surface area contributed by atoms with E-state index in [-0.39, 0.29) is 11.3 Å². The molecule has 1 saturated carbocycles. The van der Waals surface area contributed by atoms with E-state index in [4.69, 9.17) is 4.74 Å². The number of nitro groups is 1. The van der Waals surface area contributed by atoms with Crippen LogP contribution in [0.2, 0.25) is 0 Å². The minimum Gasteiger partial charge on any atom is -0.462 e. The molecule has 0 radical (unpaired) electrons. The Bertz CT molecular complexity index is 616. The SMILES string of the molecule is CC(=O)/C(=C\c1cccc([N+](=O)[O-])c1)C(=O)OCC1CC1. The zero-order valence-corrected chi connectivity index (χ0v) is 11.6. The van der Waals surface area contributed by atoms with E-state index in [2.05, 4.69) is 0 Å². The van der Waals surface area contributed by atoms with Crippen LogP contribution in [0.5, 0.6) is 0 Å². The first-order chi connectivity index (χ1) is 9.97. The van der Waals surface area contributed by atoms with Crippen molar-refractivity contribution in [1.82, 2.24) is 0 Å². The van der Waals surface area contributed by atoms with E-state index in [0.717, 1.165) is 12.8 Å². The van der Waals surface area contributed by atoms with Crippen LogP contribution in [-0.2, 0) is 14.3 Å². The van der Waals surface area contributed by atoms with E-state index in [9.17, 15) is 19.7 Å². The van der Waals surface area contributed by atoms with E-state index in [0.29, 0.717) is 18.1 Å². The van der Waals surface area contributed by atoms with Crippen molar-refractivity contribution >= 4 is 23.5 Å². The number of carbonyl (C=O) groups excluding carboxylic acids is 2. The van der Waals surface area contributed by atoms with Gasteiger partial charge in [0.15, 0.2) is 5.78 Å². The molecule has 0 N–H and O–H groups in total. The van der Waals surface area contributed by atoms with Crippen LogP contribution in [0, 0.1) is 16.0 Å². The van der Waals surface area contributed by atoms with Gasteiger partial charge in [-0.15, -0.1) is 0 Å². The lowest BCUT2D eigenvalue weighted by molar-refractivity contribution is -0.384. The predicted octanol–water partition coefficient (Wildman–Crippen LogP) is 2.52. The second kappa shape index (κ2) is 6.30. The van der Waals surface area contributed by atoms with Gasteiger partial charge in [-0.2, -0.15) is 0 Å². The fourth-order valence-electron chi connectivity index (χ4n) is 1.75. The second-order valence-electron chi connectivity index (χ2n) is 5.01. The predicted molar refractivity (Wildman–Crippen MR) is 75.4 cm³/mol. The molecule has 1 aliphatic carbocycles. The molecule has 0 saturated heterocycles. The number of hydrogen-bond acceptors (Lipinski definition) is 5. The maximum absolute atomic E-state index is 11.9. The van der Waals surface area contributed by atoms with Crippen LogP contribution in [-0.4, -0.2) is 23.3 Å². The molecule has 0 aliphatic heterocycles. The first-order valence-corrected chi connectivity index (χ1v) is 6.61. The fourth-order valence-corrected chi connectivity index (χ4v) is 1.75. The topological polar surface area (TPSA) is 86.5 Å². The average molecular weight is 289 g/mol. The molecule has 0 aromatic heterocycles. The van der Waals surface area contributed by atoms with Gasteiger partial charge in [0.1, 0.15) is 5.57 Å². The monoisotopic (exact) mass is 289 g/mol. The van der Waals surface area contributed by atoms with Crippen molar-refractivity contribution in [3.63, 3.8) is 0 Å². The number of rotatable bonds is 6. The summed E-state index contributed by atoms with van der Waals surface area (Å²) in [5, 5.41) is 10.7. The van der Waals surface area contributed by atoms with Crippen LogP contribution in [0.1, 0.15) is 25.3 Å². The summed E-state index contributed by atoms with van der Waals surface area (Å²) >= 11 is 0. The van der Waals surface area contributed by atoms with E-state index >= 15 is 0 Å². The molecule has 21 heavy (non-hydrogen) atoms. The third-order valence-electron chi connectivity index (χ3n) is 3.14. The molecule has 0 heterocycles. The largest absolute Gasteiger partial charge is 0.462 e. The Morgan fingerprint density at radius 1 is 1.43 bits per heavy atom. The normalized spacial score (nSPS) is 14.6. The summed E-state index contributed by atoms with van der Waals surface area (Å²) < 4.78 is 5.08. The molecule has 1 aromatic rings. The number of ketones is 1. The van der Waals surface area contributed by atoms with Crippen LogP contribution in [0.15, 0.2) is 29.8 Å². The summed E-state index contributed by atoms with van der Waals surface area (Å²) in [6.45, 7) is 1.58.